The van der Waals surface area contributed by atoms with Crippen molar-refractivity contribution in [2.45, 2.75) is 79.7 Å². The fourth-order valence-corrected chi connectivity index (χ4v) is 2.25. The molecule has 1 N–H and O–H groups in total. The predicted molar refractivity (Wildman–Crippen MR) is 114 cm³/mol. The minimum Gasteiger partial charge on any atom is -0.786 e. The van der Waals surface area contributed by atoms with Gasteiger partial charge in [-0.15, -0.1) is 23.0 Å². The van der Waals surface area contributed by atoms with Crippen LogP contribution in [0, 0.1) is 5.41 Å². The molecule has 0 bridgehead atoms. The second-order valence-electron chi connectivity index (χ2n) is 7.12. The average molecular weight is 523 g/mol. The van der Waals surface area contributed by atoms with Gasteiger partial charge in [0.05, 0.1) is 0 Å². The van der Waals surface area contributed by atoms with E-state index in [2.05, 4.69) is 48.3 Å². The van der Waals surface area contributed by atoms with Crippen LogP contribution in [-0.2, 0) is 44.0 Å². The molecule has 151 valence electrons. The van der Waals surface area contributed by atoms with Crippen LogP contribution >= 0.6 is 15.9 Å². The quantitative estimate of drug-likeness (QED) is 0.373. The van der Waals surface area contributed by atoms with Gasteiger partial charge in [0.25, 0.3) is 0 Å². The van der Waals surface area contributed by atoms with Gasteiger partial charge in [0, 0.05) is 37.2 Å². The van der Waals surface area contributed by atoms with Crippen LogP contribution in [0.15, 0.2) is 28.7 Å². The maximum Gasteiger partial charge on any atom is 0.0174 e. The predicted octanol–water partition coefficient (Wildman–Crippen LogP) is 7.70. The van der Waals surface area contributed by atoms with Crippen molar-refractivity contribution in [3.8, 4) is 0 Å². The van der Waals surface area contributed by atoms with Crippen LogP contribution < -0.4 is 0 Å². The van der Waals surface area contributed by atoms with Crippen molar-refractivity contribution in [3.05, 3.63) is 39.2 Å². The molecular weight excluding hydrogens is 489 g/mol. The zero-order chi connectivity index (χ0) is 19.9. The average Bonchev–Trinajstić information content (AvgIpc) is 2.51. The Morgan fingerprint density at radius 2 is 1.46 bits per heavy atom. The van der Waals surface area contributed by atoms with Crippen LogP contribution in [0.25, 0.3) is 10.5 Å². The number of nitrogens with zero attached hydrogens (tertiary/aromatic N) is 1. The fraction of sp³-hybridized carbons (Fsp3) is 0.684. The Hall–Kier alpha value is 0.674. The number of rotatable bonds is 2. The topological polar surface area (TPSA) is 78.0 Å². The third-order valence-corrected chi connectivity index (χ3v) is 3.50. The van der Waals surface area contributed by atoms with E-state index in [-0.39, 0.29) is 38.8 Å². The summed E-state index contributed by atoms with van der Waals surface area (Å²) < 4.78 is 24.3. The first-order chi connectivity index (χ1) is 11.6. The summed E-state index contributed by atoms with van der Waals surface area (Å²) in [5.74, 6) is 0. The molecule has 0 amide bonds. The first-order valence-corrected chi connectivity index (χ1v) is 10.7. The summed E-state index contributed by atoms with van der Waals surface area (Å²) in [7, 11) is 0. The van der Waals surface area contributed by atoms with Crippen molar-refractivity contribution in [1.29, 1.82) is 0 Å². The third-order valence-electron chi connectivity index (χ3n) is 2.61. The van der Waals surface area contributed by atoms with Crippen LogP contribution in [0.1, 0.15) is 73.6 Å². The number of benzene rings is 1. The molecule has 1 aromatic carbocycles. The van der Waals surface area contributed by atoms with E-state index in [9.17, 15) is 8.76 Å². The first kappa shape index (κ1) is 31.4. The first-order valence-electron chi connectivity index (χ1n) is 8.86. The van der Waals surface area contributed by atoms with Gasteiger partial charge in [0.15, 0.2) is 0 Å². The summed E-state index contributed by atoms with van der Waals surface area (Å²) in [6, 6.07) is 6.96. The van der Waals surface area contributed by atoms with Gasteiger partial charge in [-0.3, -0.25) is 4.21 Å². The summed E-state index contributed by atoms with van der Waals surface area (Å²) >= 11 is 0.853. The smallest absolute Gasteiger partial charge is 0.0174 e. The van der Waals surface area contributed by atoms with Gasteiger partial charge in [-0.25, -0.2) is 0 Å². The van der Waals surface area contributed by atoms with Gasteiger partial charge in [-0.2, -0.15) is 0 Å². The van der Waals surface area contributed by atoms with Gasteiger partial charge in [-0.1, -0.05) is 102 Å². The van der Waals surface area contributed by atoms with Crippen LogP contribution in [0.2, 0.25) is 0 Å². The Morgan fingerprint density at radius 3 is 1.73 bits per heavy atom. The molecule has 2 rings (SSSR count). The van der Waals surface area contributed by atoms with Crippen molar-refractivity contribution >= 4 is 32.9 Å². The standard InChI is InChI=1S/C6H5BrNO2S.C6H12N.C5H12.C2H6.Y/c7-5-1-3-6(4-2-5)8-11(9)10;7-6-4-2-1-3-5-6;1-5(2,3)4;1-2;/h1-4H,(H,9,10);6-7H,1-5H2;1-4H3;1-2H3;/q2*-1;;;/p-1. The van der Waals surface area contributed by atoms with Crippen molar-refractivity contribution < 1.29 is 41.5 Å². The van der Waals surface area contributed by atoms with Gasteiger partial charge in [0.1, 0.15) is 0 Å². The number of hydrogen-bond donors (Lipinski definition) is 0. The van der Waals surface area contributed by atoms with Crippen LogP contribution in [0.5, 0.6) is 0 Å². The van der Waals surface area contributed by atoms with Crippen molar-refractivity contribution in [1.82, 2.24) is 0 Å². The molecule has 1 fully saturated rings. The Balaban J connectivity index is -0.000000307. The van der Waals surface area contributed by atoms with E-state index >= 15 is 0 Å². The summed E-state index contributed by atoms with van der Waals surface area (Å²) in [5.41, 5.74) is 8.20. The van der Waals surface area contributed by atoms with E-state index < -0.39 is 11.3 Å². The monoisotopic (exact) mass is 522 g/mol. The van der Waals surface area contributed by atoms with E-state index in [4.69, 9.17) is 5.73 Å². The molecule has 1 unspecified atom stereocenters. The van der Waals surface area contributed by atoms with Gasteiger partial charge < -0.3 is 15.0 Å². The van der Waals surface area contributed by atoms with Crippen LogP contribution in [0.4, 0.5) is 5.69 Å². The molecule has 1 aromatic rings. The zero-order valence-electron chi connectivity index (χ0n) is 17.0. The number of hydrogen-bond acceptors (Lipinski definition) is 2. The Morgan fingerprint density at radius 1 is 1.08 bits per heavy atom. The second kappa shape index (κ2) is 19.0. The summed E-state index contributed by atoms with van der Waals surface area (Å²) in [5, 5.41) is 0. The Labute approximate surface area is 197 Å². The van der Waals surface area contributed by atoms with Gasteiger partial charge >= 0.3 is 0 Å². The van der Waals surface area contributed by atoms with Gasteiger partial charge in [0.2, 0.25) is 0 Å². The van der Waals surface area contributed by atoms with Crippen LogP contribution in [-0.4, -0.2) is 14.8 Å². The molecular formula is C19H34BrN2O2SY-3. The van der Waals surface area contributed by atoms with E-state index in [1.165, 1.54) is 19.3 Å². The summed E-state index contributed by atoms with van der Waals surface area (Å²) in [6.45, 7) is 12.8. The molecule has 0 heterocycles. The second-order valence-corrected chi connectivity index (χ2v) is 8.65. The Bertz CT molecular complexity index is 442. The molecule has 1 atom stereocenters. The largest absolute Gasteiger partial charge is 0.786 e. The molecule has 4 nitrogen and oxygen atoms in total. The zero-order valence-corrected chi connectivity index (χ0v) is 22.3. The molecule has 0 aliphatic heterocycles. The maximum absolute atomic E-state index is 10.1. The molecule has 7 heteroatoms. The maximum atomic E-state index is 10.1. The minimum atomic E-state index is -2.36. The van der Waals surface area contributed by atoms with Crippen molar-refractivity contribution in [3.63, 3.8) is 0 Å². The van der Waals surface area contributed by atoms with Crippen molar-refractivity contribution in [2.75, 3.05) is 0 Å². The molecule has 0 aromatic heterocycles. The number of nitrogens with one attached hydrogen (secondary N) is 1. The molecule has 26 heavy (non-hydrogen) atoms. The van der Waals surface area contributed by atoms with Gasteiger partial charge in [-0.05, 0) is 17.5 Å². The van der Waals surface area contributed by atoms with Crippen molar-refractivity contribution in [2.24, 2.45) is 5.41 Å². The molecule has 1 aliphatic rings. The molecule has 1 saturated carbocycles. The summed E-state index contributed by atoms with van der Waals surface area (Å²) in [6.07, 6.45) is 6.28. The van der Waals surface area contributed by atoms with E-state index in [1.807, 2.05) is 13.8 Å². The normalized spacial score (nSPS) is 14.7. The molecule has 0 spiro atoms. The van der Waals surface area contributed by atoms with Crippen LogP contribution in [0.3, 0.4) is 0 Å². The molecule has 1 radical (unpaired) electrons. The minimum absolute atomic E-state index is 0. The molecule has 1 aliphatic carbocycles. The van der Waals surface area contributed by atoms with E-state index in [1.54, 1.807) is 24.3 Å². The van der Waals surface area contributed by atoms with E-state index in [0.29, 0.717) is 11.1 Å². The SMILES string of the molecule is CC.CC(C)(C)C.O=S([O-])[N-]c1ccc(Br)cc1.[NH-]C1CCCCC1.[Y]. The van der Waals surface area contributed by atoms with E-state index in [0.717, 1.165) is 17.3 Å². The fourth-order valence-electron chi connectivity index (χ4n) is 1.69. The third kappa shape index (κ3) is 26.9. The summed E-state index contributed by atoms with van der Waals surface area (Å²) in [4.78, 5) is 0. The molecule has 0 saturated heterocycles. The number of halogens is 1. The Kier molecular flexibility index (Phi) is 22.9.